The molecule has 1 aliphatic heterocycles. The van der Waals surface area contributed by atoms with Gasteiger partial charge >= 0.3 is 0 Å². The number of nitrogens with two attached hydrogens (primary N) is 1. The van der Waals surface area contributed by atoms with Gasteiger partial charge in [0, 0.05) is 24.7 Å². The van der Waals surface area contributed by atoms with Gasteiger partial charge in [0.1, 0.15) is 5.75 Å². The molecule has 2 rings (SSSR count). The van der Waals surface area contributed by atoms with E-state index < -0.39 is 0 Å². The number of hydrogen-bond acceptors (Lipinski definition) is 3. The molecule has 0 spiro atoms. The summed E-state index contributed by atoms with van der Waals surface area (Å²) in [5.41, 5.74) is 6.56. The van der Waals surface area contributed by atoms with Gasteiger partial charge in [-0.1, -0.05) is 6.92 Å². The molecule has 4 heteroatoms. The smallest absolute Gasteiger partial charge is 0.220 e. The first-order valence-corrected chi connectivity index (χ1v) is 7.37. The van der Waals surface area contributed by atoms with E-state index >= 15 is 0 Å². The maximum absolute atomic E-state index is 11.1. The van der Waals surface area contributed by atoms with Crippen molar-refractivity contribution < 1.29 is 9.53 Å². The number of carbonyl (C=O) groups is 1. The van der Waals surface area contributed by atoms with Crippen molar-refractivity contribution in [3.8, 4) is 5.75 Å². The highest BCUT2D eigenvalue weighted by molar-refractivity contribution is 5.76. The van der Waals surface area contributed by atoms with Crippen molar-refractivity contribution in [3.05, 3.63) is 24.3 Å². The highest BCUT2D eigenvalue weighted by Gasteiger charge is 2.25. The highest BCUT2D eigenvalue weighted by atomic mass is 16.5. The van der Waals surface area contributed by atoms with E-state index in [1.807, 2.05) is 26.0 Å². The average Bonchev–Trinajstić information content (AvgIpc) is 2.88. The lowest BCUT2D eigenvalue weighted by Crippen LogP contribution is -2.25. The van der Waals surface area contributed by atoms with Crippen molar-refractivity contribution in [2.24, 2.45) is 17.6 Å². The fraction of sp³-hybridized carbons (Fsp3) is 0.562. The van der Waals surface area contributed by atoms with Gasteiger partial charge in [-0.05, 0) is 49.9 Å². The van der Waals surface area contributed by atoms with E-state index in [2.05, 4.69) is 17.0 Å². The Balaban J connectivity index is 1.90. The molecule has 4 nitrogen and oxygen atoms in total. The minimum Gasteiger partial charge on any atom is -0.494 e. The van der Waals surface area contributed by atoms with Crippen molar-refractivity contribution in [1.82, 2.24) is 0 Å². The van der Waals surface area contributed by atoms with E-state index in [0.29, 0.717) is 12.5 Å². The Bertz CT molecular complexity index is 444. The maximum Gasteiger partial charge on any atom is 0.220 e. The molecule has 1 aromatic carbocycles. The fourth-order valence-corrected chi connectivity index (χ4v) is 2.80. The van der Waals surface area contributed by atoms with Crippen LogP contribution in [-0.2, 0) is 4.79 Å². The molecular weight excluding hydrogens is 252 g/mol. The van der Waals surface area contributed by atoms with E-state index in [1.54, 1.807) is 0 Å². The molecule has 0 bridgehead atoms. The number of primary amides is 1. The van der Waals surface area contributed by atoms with Crippen molar-refractivity contribution >= 4 is 11.6 Å². The Kier molecular flexibility index (Phi) is 4.88. The summed E-state index contributed by atoms with van der Waals surface area (Å²) in [6.07, 6.45) is 2.02. The molecule has 1 aliphatic rings. The zero-order valence-corrected chi connectivity index (χ0v) is 12.3. The van der Waals surface area contributed by atoms with E-state index in [0.717, 1.165) is 31.7 Å². The highest BCUT2D eigenvalue weighted by Crippen LogP contribution is 2.28. The van der Waals surface area contributed by atoms with Gasteiger partial charge in [0.05, 0.1) is 6.61 Å². The predicted octanol–water partition coefficient (Wildman–Crippen LogP) is 2.42. The molecule has 0 radical (unpaired) electrons. The van der Waals surface area contributed by atoms with Crippen LogP contribution in [-0.4, -0.2) is 25.6 Å². The Morgan fingerprint density at radius 1 is 1.45 bits per heavy atom. The molecule has 20 heavy (non-hydrogen) atoms. The van der Waals surface area contributed by atoms with Gasteiger partial charge in [0.2, 0.25) is 5.91 Å². The normalized spacial score (nSPS) is 19.9. The fourth-order valence-electron chi connectivity index (χ4n) is 2.80. The zero-order chi connectivity index (χ0) is 14.5. The molecule has 0 saturated carbocycles. The molecule has 110 valence electrons. The van der Waals surface area contributed by atoms with E-state index in [4.69, 9.17) is 10.5 Å². The molecule has 2 unspecified atom stereocenters. The summed E-state index contributed by atoms with van der Waals surface area (Å²) in [4.78, 5) is 13.5. The minimum atomic E-state index is -0.190. The molecule has 1 amide bonds. The molecule has 2 atom stereocenters. The second-order valence-corrected chi connectivity index (χ2v) is 5.57. The molecular formula is C16H24N2O2. The van der Waals surface area contributed by atoms with Gasteiger partial charge < -0.3 is 15.4 Å². The number of ether oxygens (including phenoxy) is 1. The van der Waals surface area contributed by atoms with Crippen LogP contribution in [0.5, 0.6) is 5.75 Å². The van der Waals surface area contributed by atoms with Gasteiger partial charge in [-0.25, -0.2) is 0 Å². The molecule has 1 saturated heterocycles. The van der Waals surface area contributed by atoms with Crippen LogP contribution in [0.1, 0.15) is 26.7 Å². The first-order chi connectivity index (χ1) is 9.60. The van der Waals surface area contributed by atoms with E-state index in [1.165, 1.54) is 5.69 Å². The van der Waals surface area contributed by atoms with Gasteiger partial charge in [0.25, 0.3) is 0 Å². The van der Waals surface area contributed by atoms with Crippen LogP contribution in [0, 0.1) is 11.8 Å². The zero-order valence-electron chi connectivity index (χ0n) is 12.3. The van der Waals surface area contributed by atoms with Crippen molar-refractivity contribution in [1.29, 1.82) is 0 Å². The van der Waals surface area contributed by atoms with Crippen LogP contribution in [0.4, 0.5) is 5.69 Å². The van der Waals surface area contributed by atoms with Gasteiger partial charge in [-0.15, -0.1) is 0 Å². The number of hydrogen-bond donors (Lipinski definition) is 1. The summed E-state index contributed by atoms with van der Waals surface area (Å²) in [5, 5.41) is 0. The molecule has 1 fully saturated rings. The van der Waals surface area contributed by atoms with Crippen LogP contribution in [0.2, 0.25) is 0 Å². The topological polar surface area (TPSA) is 55.6 Å². The monoisotopic (exact) mass is 276 g/mol. The van der Waals surface area contributed by atoms with E-state index in [-0.39, 0.29) is 11.8 Å². The molecule has 1 aromatic rings. The number of anilines is 1. The molecule has 1 heterocycles. The summed E-state index contributed by atoms with van der Waals surface area (Å²) in [5.74, 6) is 1.25. The molecule has 0 aromatic heterocycles. The number of carbonyl (C=O) groups excluding carboxylic acids is 1. The third-order valence-electron chi connectivity index (χ3n) is 3.97. The van der Waals surface area contributed by atoms with Crippen molar-refractivity contribution in [2.75, 3.05) is 24.6 Å². The average molecular weight is 276 g/mol. The standard InChI is InChI=1S/C16H24N2O2/c1-3-20-15-6-4-14(5-7-15)18-9-8-13(11-18)10-12(2)16(17)19/h4-7,12-13H,3,8-11H2,1-2H3,(H2,17,19). The number of benzene rings is 1. The van der Waals surface area contributed by atoms with Crippen molar-refractivity contribution in [3.63, 3.8) is 0 Å². The third-order valence-corrected chi connectivity index (χ3v) is 3.97. The number of rotatable bonds is 6. The largest absolute Gasteiger partial charge is 0.494 e. The lowest BCUT2D eigenvalue weighted by Gasteiger charge is -2.20. The lowest BCUT2D eigenvalue weighted by atomic mass is 9.95. The SMILES string of the molecule is CCOc1ccc(N2CCC(CC(C)C(N)=O)C2)cc1. The van der Waals surface area contributed by atoms with Crippen LogP contribution in [0.25, 0.3) is 0 Å². The first kappa shape index (κ1) is 14.7. The maximum atomic E-state index is 11.1. The summed E-state index contributed by atoms with van der Waals surface area (Å²) in [7, 11) is 0. The number of amides is 1. The van der Waals surface area contributed by atoms with Gasteiger partial charge in [0.15, 0.2) is 0 Å². The molecule has 2 N–H and O–H groups in total. The second kappa shape index (κ2) is 6.64. The van der Waals surface area contributed by atoms with Gasteiger partial charge in [-0.2, -0.15) is 0 Å². The van der Waals surface area contributed by atoms with Crippen molar-refractivity contribution in [2.45, 2.75) is 26.7 Å². The van der Waals surface area contributed by atoms with Gasteiger partial charge in [-0.3, -0.25) is 4.79 Å². The quantitative estimate of drug-likeness (QED) is 0.868. The van der Waals surface area contributed by atoms with E-state index in [9.17, 15) is 4.79 Å². The van der Waals surface area contributed by atoms with Crippen LogP contribution < -0.4 is 15.4 Å². The summed E-state index contributed by atoms with van der Waals surface area (Å²) in [6.45, 7) is 6.65. The third kappa shape index (κ3) is 3.65. The minimum absolute atomic E-state index is 0.0275. The van der Waals surface area contributed by atoms with Crippen LogP contribution in [0.15, 0.2) is 24.3 Å². The summed E-state index contributed by atoms with van der Waals surface area (Å²) in [6, 6.07) is 8.23. The Morgan fingerprint density at radius 2 is 2.15 bits per heavy atom. The van der Waals surface area contributed by atoms with Crippen LogP contribution >= 0.6 is 0 Å². The molecule has 0 aliphatic carbocycles. The number of nitrogens with zero attached hydrogens (tertiary/aromatic N) is 1. The Hall–Kier alpha value is -1.71. The first-order valence-electron chi connectivity index (χ1n) is 7.37. The summed E-state index contributed by atoms with van der Waals surface area (Å²) >= 11 is 0. The predicted molar refractivity (Wildman–Crippen MR) is 80.9 cm³/mol. The second-order valence-electron chi connectivity index (χ2n) is 5.57. The van der Waals surface area contributed by atoms with Crippen LogP contribution in [0.3, 0.4) is 0 Å². The summed E-state index contributed by atoms with van der Waals surface area (Å²) < 4.78 is 5.45. The lowest BCUT2D eigenvalue weighted by molar-refractivity contribution is -0.121. The Labute approximate surface area is 120 Å². The Morgan fingerprint density at radius 3 is 2.75 bits per heavy atom.